The normalized spacial score (nSPS) is 17.5. The van der Waals surface area contributed by atoms with Crippen LogP contribution in [0.5, 0.6) is 0 Å². The van der Waals surface area contributed by atoms with Crippen LogP contribution in [0.3, 0.4) is 0 Å². The van der Waals surface area contributed by atoms with E-state index in [0.29, 0.717) is 24.5 Å². The molecule has 4 rings (SSSR count). The molecule has 178 valence electrons. The lowest BCUT2D eigenvalue weighted by atomic mass is 10.0. The number of aryl methyl sites for hydroxylation is 2. The molecule has 0 aliphatic carbocycles. The highest BCUT2D eigenvalue weighted by molar-refractivity contribution is 7.92. The van der Waals surface area contributed by atoms with Gasteiger partial charge in [-0.1, -0.05) is 6.07 Å². The first kappa shape index (κ1) is 23.3. The van der Waals surface area contributed by atoms with Crippen LogP contribution in [0.1, 0.15) is 36.6 Å². The van der Waals surface area contributed by atoms with Gasteiger partial charge in [0.1, 0.15) is 0 Å². The Morgan fingerprint density at radius 2 is 1.82 bits per heavy atom. The second-order valence-electron chi connectivity index (χ2n) is 8.75. The number of hydrogen-bond acceptors (Lipinski definition) is 5. The van der Waals surface area contributed by atoms with E-state index >= 15 is 0 Å². The lowest BCUT2D eigenvalue weighted by Gasteiger charge is -2.29. The number of nitrogens with one attached hydrogen (secondary N) is 2. The van der Waals surface area contributed by atoms with E-state index in [9.17, 15) is 18.0 Å². The highest BCUT2D eigenvalue weighted by Gasteiger charge is 2.27. The summed E-state index contributed by atoms with van der Waals surface area (Å²) in [5, 5.41) is 5.39. The first-order valence-electron chi connectivity index (χ1n) is 11.3. The zero-order valence-corrected chi connectivity index (χ0v) is 19.9. The van der Waals surface area contributed by atoms with Crippen LogP contribution in [0.15, 0.2) is 36.5 Å². The molecule has 33 heavy (non-hydrogen) atoms. The van der Waals surface area contributed by atoms with Gasteiger partial charge < -0.3 is 15.2 Å². The quantitative estimate of drug-likeness (QED) is 0.621. The lowest BCUT2D eigenvalue weighted by molar-refractivity contribution is -0.136. The Kier molecular flexibility index (Phi) is 6.76. The van der Waals surface area contributed by atoms with Crippen LogP contribution in [0, 0.1) is 0 Å². The van der Waals surface area contributed by atoms with Gasteiger partial charge in [0.05, 0.1) is 18.0 Å². The number of anilines is 2. The summed E-state index contributed by atoms with van der Waals surface area (Å²) >= 11 is 0. The van der Waals surface area contributed by atoms with Gasteiger partial charge in [-0.25, -0.2) is 8.42 Å². The summed E-state index contributed by atoms with van der Waals surface area (Å²) in [5.74, 6) is -1.49. The van der Waals surface area contributed by atoms with E-state index in [0.717, 1.165) is 50.0 Å². The summed E-state index contributed by atoms with van der Waals surface area (Å²) in [7, 11) is -1.44. The number of carbonyl (C=O) groups is 2. The zero-order valence-electron chi connectivity index (χ0n) is 19.1. The van der Waals surface area contributed by atoms with Crippen molar-refractivity contribution in [2.75, 3.05) is 42.1 Å². The molecule has 1 aromatic carbocycles. The molecular weight excluding hydrogens is 442 g/mol. The van der Waals surface area contributed by atoms with E-state index in [1.165, 1.54) is 10.6 Å². The maximum absolute atomic E-state index is 12.6. The number of hydrogen-bond donors (Lipinski definition) is 2. The summed E-state index contributed by atoms with van der Waals surface area (Å²) in [4.78, 5) is 27.5. The summed E-state index contributed by atoms with van der Waals surface area (Å²) in [5.41, 5.74) is 2.95. The molecule has 2 aromatic rings. The molecular formula is C23H31N5O4S. The molecule has 1 unspecified atom stereocenters. The van der Waals surface area contributed by atoms with Crippen molar-refractivity contribution in [2.45, 2.75) is 31.7 Å². The minimum absolute atomic E-state index is 0.00341. The molecule has 1 atom stereocenters. The fourth-order valence-corrected chi connectivity index (χ4v) is 5.70. The highest BCUT2D eigenvalue weighted by atomic mass is 32.2. The minimum Gasteiger partial charge on any atom is -0.353 e. The van der Waals surface area contributed by atoms with Gasteiger partial charge in [0.15, 0.2) is 0 Å². The SMILES string of the molecule is Cn1cccc1C(CNC(=O)C(=O)Nc1ccc2c(c1)N(S(C)(=O)=O)CCC2)N1CCCC1. The van der Waals surface area contributed by atoms with Crippen LogP contribution in [0.25, 0.3) is 0 Å². The van der Waals surface area contributed by atoms with E-state index in [-0.39, 0.29) is 6.04 Å². The standard InChI is InChI=1S/C23H31N5O4S/c1-26-11-6-8-19(26)21(27-12-3-4-13-27)16-24-22(29)23(30)25-18-10-9-17-7-5-14-28(20(17)15-18)33(2,31)32/h6,8-11,15,21H,3-5,7,12-14,16H2,1-2H3,(H,24,29)(H,25,30). The highest BCUT2D eigenvalue weighted by Crippen LogP contribution is 2.31. The predicted octanol–water partition coefficient (Wildman–Crippen LogP) is 1.63. The molecule has 2 amide bonds. The molecule has 9 nitrogen and oxygen atoms in total. The van der Waals surface area contributed by atoms with Crippen molar-refractivity contribution in [1.29, 1.82) is 0 Å². The van der Waals surface area contributed by atoms with Gasteiger partial charge in [0, 0.05) is 37.7 Å². The third-order valence-corrected chi connectivity index (χ3v) is 7.57. The number of fused-ring (bicyclic) bond motifs is 1. The molecule has 3 heterocycles. The van der Waals surface area contributed by atoms with Crippen molar-refractivity contribution in [1.82, 2.24) is 14.8 Å². The molecule has 0 saturated carbocycles. The number of nitrogens with zero attached hydrogens (tertiary/aromatic N) is 3. The Balaban J connectivity index is 1.42. The number of carbonyl (C=O) groups excluding carboxylic acids is 2. The zero-order chi connectivity index (χ0) is 23.6. The largest absolute Gasteiger partial charge is 0.353 e. The maximum atomic E-state index is 12.6. The summed E-state index contributed by atoms with van der Waals surface area (Å²) in [6, 6.07) is 9.14. The average Bonchev–Trinajstić information content (AvgIpc) is 3.45. The van der Waals surface area contributed by atoms with Crippen LogP contribution in [0.4, 0.5) is 11.4 Å². The fourth-order valence-electron chi connectivity index (χ4n) is 4.72. The average molecular weight is 474 g/mol. The molecule has 0 radical (unpaired) electrons. The predicted molar refractivity (Wildman–Crippen MR) is 128 cm³/mol. The number of rotatable bonds is 6. The lowest BCUT2D eigenvalue weighted by Crippen LogP contribution is -2.42. The van der Waals surface area contributed by atoms with Gasteiger partial charge in [-0.3, -0.25) is 18.8 Å². The molecule has 0 bridgehead atoms. The smallest absolute Gasteiger partial charge is 0.313 e. The molecule has 2 N–H and O–H groups in total. The summed E-state index contributed by atoms with van der Waals surface area (Å²) in [6.45, 7) is 2.66. The number of aromatic nitrogens is 1. The van der Waals surface area contributed by atoms with Gasteiger partial charge in [0.25, 0.3) is 0 Å². The third kappa shape index (κ3) is 5.22. The van der Waals surface area contributed by atoms with Crippen molar-refractivity contribution in [3.63, 3.8) is 0 Å². The summed E-state index contributed by atoms with van der Waals surface area (Å²) < 4.78 is 27.7. The second-order valence-corrected chi connectivity index (χ2v) is 10.7. The van der Waals surface area contributed by atoms with E-state index in [4.69, 9.17) is 0 Å². The molecule has 0 spiro atoms. The number of amides is 2. The number of sulfonamides is 1. The molecule has 1 aromatic heterocycles. The van der Waals surface area contributed by atoms with Crippen molar-refractivity contribution in [3.8, 4) is 0 Å². The molecule has 2 aliphatic heterocycles. The van der Waals surface area contributed by atoms with Crippen LogP contribution < -0.4 is 14.9 Å². The van der Waals surface area contributed by atoms with Gasteiger partial charge in [0.2, 0.25) is 10.0 Å². The Bertz CT molecular complexity index is 1140. The Hall–Kier alpha value is -2.85. The Morgan fingerprint density at radius 1 is 1.06 bits per heavy atom. The molecule has 1 saturated heterocycles. The first-order chi connectivity index (χ1) is 15.7. The van der Waals surface area contributed by atoms with Crippen LogP contribution >= 0.6 is 0 Å². The van der Waals surface area contributed by atoms with Gasteiger partial charge in [-0.2, -0.15) is 0 Å². The van der Waals surface area contributed by atoms with E-state index < -0.39 is 21.8 Å². The van der Waals surface area contributed by atoms with E-state index in [1.807, 2.05) is 29.9 Å². The van der Waals surface area contributed by atoms with Gasteiger partial charge in [-0.15, -0.1) is 0 Å². The van der Waals surface area contributed by atoms with E-state index in [2.05, 4.69) is 15.5 Å². The van der Waals surface area contributed by atoms with E-state index in [1.54, 1.807) is 18.2 Å². The monoisotopic (exact) mass is 473 g/mol. The summed E-state index contributed by atoms with van der Waals surface area (Å²) in [6.07, 6.45) is 6.91. The van der Waals surface area contributed by atoms with Crippen molar-refractivity contribution in [3.05, 3.63) is 47.8 Å². The minimum atomic E-state index is -3.42. The van der Waals surface area contributed by atoms with Gasteiger partial charge >= 0.3 is 11.8 Å². The topological polar surface area (TPSA) is 104 Å². The first-order valence-corrected chi connectivity index (χ1v) is 13.1. The Labute approximate surface area is 194 Å². The van der Waals surface area contributed by atoms with Crippen molar-refractivity contribution in [2.24, 2.45) is 7.05 Å². The molecule has 1 fully saturated rings. The van der Waals surface area contributed by atoms with Gasteiger partial charge in [-0.05, 0) is 68.6 Å². The number of benzene rings is 1. The van der Waals surface area contributed by atoms with Crippen molar-refractivity contribution >= 4 is 33.2 Å². The number of likely N-dealkylation sites (tertiary alicyclic amines) is 1. The molecule has 10 heteroatoms. The van der Waals surface area contributed by atoms with Crippen LogP contribution in [0.2, 0.25) is 0 Å². The third-order valence-electron chi connectivity index (χ3n) is 6.39. The van der Waals surface area contributed by atoms with Crippen LogP contribution in [-0.4, -0.2) is 62.1 Å². The second kappa shape index (κ2) is 9.56. The fraction of sp³-hybridized carbons (Fsp3) is 0.478. The Morgan fingerprint density at radius 3 is 2.48 bits per heavy atom. The van der Waals surface area contributed by atoms with Crippen molar-refractivity contribution < 1.29 is 18.0 Å². The van der Waals surface area contributed by atoms with Crippen LogP contribution in [-0.2, 0) is 33.1 Å². The molecule has 2 aliphatic rings. The maximum Gasteiger partial charge on any atom is 0.313 e.